The molecule has 1 N–H and O–H groups in total. The fourth-order valence-electron chi connectivity index (χ4n) is 4.16. The quantitative estimate of drug-likeness (QED) is 0.302. The molecule has 0 radical (unpaired) electrons. The molecule has 0 aliphatic heterocycles. The van der Waals surface area contributed by atoms with E-state index in [1.807, 2.05) is 51.1 Å². The Labute approximate surface area is 201 Å². The summed E-state index contributed by atoms with van der Waals surface area (Å²) in [5, 5.41) is 0.984. The molecule has 0 aliphatic carbocycles. The molecule has 0 amide bonds. The average molecular weight is 456 g/mol. The Hall–Kier alpha value is -3.53. The highest BCUT2D eigenvalue weighted by Crippen LogP contribution is 2.37. The number of fused-ring (bicyclic) bond motifs is 1. The molecular weight excluding hydrogens is 422 g/mol. The molecule has 0 unspecified atom stereocenters. The van der Waals surface area contributed by atoms with Gasteiger partial charge >= 0.3 is 5.97 Å². The van der Waals surface area contributed by atoms with Crippen molar-refractivity contribution in [1.29, 1.82) is 0 Å². The van der Waals surface area contributed by atoms with Gasteiger partial charge < -0.3 is 14.5 Å². The van der Waals surface area contributed by atoms with Crippen molar-refractivity contribution in [2.24, 2.45) is 0 Å². The fourth-order valence-corrected chi connectivity index (χ4v) is 4.16. The Balaban J connectivity index is 1.83. The highest BCUT2D eigenvalue weighted by atomic mass is 16.5. The highest BCUT2D eigenvalue weighted by Gasteiger charge is 2.21. The zero-order chi connectivity index (χ0) is 24.5. The van der Waals surface area contributed by atoms with Crippen molar-refractivity contribution >= 4 is 16.9 Å². The topological polar surface area (TPSA) is 51.3 Å². The Bertz CT molecular complexity index is 1290. The van der Waals surface area contributed by atoms with Crippen LogP contribution in [0, 0.1) is 0 Å². The van der Waals surface area contributed by atoms with Gasteiger partial charge in [-0.2, -0.15) is 0 Å². The zero-order valence-electron chi connectivity index (χ0n) is 20.9. The molecule has 0 saturated heterocycles. The van der Waals surface area contributed by atoms with Gasteiger partial charge in [0.1, 0.15) is 11.4 Å². The number of ether oxygens (including phenoxy) is 2. The second-order valence-electron chi connectivity index (χ2n) is 9.87. The largest absolute Gasteiger partial charge is 0.491 e. The number of esters is 1. The van der Waals surface area contributed by atoms with Crippen LogP contribution in [-0.2, 0) is 10.2 Å². The van der Waals surface area contributed by atoms with Crippen LogP contribution in [0.1, 0.15) is 57.6 Å². The summed E-state index contributed by atoms with van der Waals surface area (Å²) in [6.45, 7) is 12.8. The first-order chi connectivity index (χ1) is 16.2. The molecule has 4 heteroatoms. The van der Waals surface area contributed by atoms with Crippen molar-refractivity contribution in [2.75, 3.05) is 6.61 Å². The van der Waals surface area contributed by atoms with Crippen LogP contribution in [0.2, 0.25) is 0 Å². The number of benzene rings is 3. The normalized spacial score (nSPS) is 11.7. The number of hydrogen-bond acceptors (Lipinski definition) is 3. The van der Waals surface area contributed by atoms with Gasteiger partial charge in [-0.05, 0) is 72.7 Å². The van der Waals surface area contributed by atoms with E-state index in [4.69, 9.17) is 9.47 Å². The number of H-pyrrole nitrogens is 1. The number of rotatable bonds is 6. The summed E-state index contributed by atoms with van der Waals surface area (Å²) in [6, 6.07) is 22.8. The fraction of sp³-hybridized carbons (Fsp3) is 0.300. The molecule has 3 aromatic carbocycles. The molecule has 0 spiro atoms. The molecule has 0 atom stereocenters. The van der Waals surface area contributed by atoms with E-state index < -0.39 is 0 Å². The minimum Gasteiger partial charge on any atom is -0.491 e. The van der Waals surface area contributed by atoms with Crippen molar-refractivity contribution in [3.8, 4) is 28.0 Å². The summed E-state index contributed by atoms with van der Waals surface area (Å²) in [5.74, 6) is 0.447. The molecule has 176 valence electrons. The summed E-state index contributed by atoms with van der Waals surface area (Å²) in [7, 11) is 0. The maximum atomic E-state index is 12.8. The number of carbonyl (C=O) groups is 1. The number of hydrogen-bond donors (Lipinski definition) is 1. The molecule has 0 saturated carbocycles. The lowest BCUT2D eigenvalue weighted by Crippen LogP contribution is -2.10. The first kappa shape index (κ1) is 23.6. The second-order valence-corrected chi connectivity index (χ2v) is 9.87. The van der Waals surface area contributed by atoms with Crippen molar-refractivity contribution in [3.05, 3.63) is 78.0 Å². The van der Waals surface area contributed by atoms with Crippen molar-refractivity contribution < 1.29 is 14.3 Å². The average Bonchev–Trinajstić information content (AvgIpc) is 3.18. The first-order valence-electron chi connectivity index (χ1n) is 11.9. The minimum absolute atomic E-state index is 0.0984. The smallest absolute Gasteiger partial charge is 0.355 e. The lowest BCUT2D eigenvalue weighted by Gasteiger charge is -2.19. The van der Waals surface area contributed by atoms with Crippen molar-refractivity contribution in [3.63, 3.8) is 0 Å². The Kier molecular flexibility index (Phi) is 6.52. The van der Waals surface area contributed by atoms with Crippen LogP contribution in [0.15, 0.2) is 66.7 Å². The molecule has 0 aliphatic rings. The molecule has 0 bridgehead atoms. The lowest BCUT2D eigenvalue weighted by atomic mass is 9.86. The predicted molar refractivity (Wildman–Crippen MR) is 140 cm³/mol. The second kappa shape index (κ2) is 9.38. The van der Waals surface area contributed by atoms with E-state index in [1.54, 1.807) is 0 Å². The monoisotopic (exact) mass is 455 g/mol. The van der Waals surface area contributed by atoms with Gasteiger partial charge in [-0.25, -0.2) is 4.79 Å². The third-order valence-electron chi connectivity index (χ3n) is 5.88. The van der Waals surface area contributed by atoms with Crippen LogP contribution < -0.4 is 4.74 Å². The molecule has 4 nitrogen and oxygen atoms in total. The van der Waals surface area contributed by atoms with Crippen molar-refractivity contribution in [1.82, 2.24) is 4.98 Å². The van der Waals surface area contributed by atoms with E-state index in [1.165, 1.54) is 5.56 Å². The Morgan fingerprint density at radius 2 is 1.50 bits per heavy atom. The molecule has 0 fully saturated rings. The van der Waals surface area contributed by atoms with E-state index in [2.05, 4.69) is 62.2 Å². The van der Waals surface area contributed by atoms with Gasteiger partial charge in [0.15, 0.2) is 0 Å². The van der Waals surface area contributed by atoms with E-state index in [-0.39, 0.29) is 17.5 Å². The van der Waals surface area contributed by atoms with E-state index in [9.17, 15) is 4.79 Å². The van der Waals surface area contributed by atoms with Gasteiger partial charge in [-0.3, -0.25) is 0 Å². The Morgan fingerprint density at radius 3 is 2.09 bits per heavy atom. The number of aromatic amines is 1. The van der Waals surface area contributed by atoms with Gasteiger partial charge in [-0.15, -0.1) is 0 Å². The summed E-state index contributed by atoms with van der Waals surface area (Å²) >= 11 is 0. The standard InChI is InChI=1S/C30H33NO3/c1-7-33-29(32)28-27(21-10-15-24(16-11-21)34-19(2)3)25-18-22(12-17-26(25)31-28)20-8-13-23(14-9-20)30(4,5)6/h8-19,31H,7H2,1-6H3. The molecule has 4 rings (SSSR count). The lowest BCUT2D eigenvalue weighted by molar-refractivity contribution is 0.0521. The van der Waals surface area contributed by atoms with Crippen LogP contribution in [-0.4, -0.2) is 23.7 Å². The van der Waals surface area contributed by atoms with Crippen LogP contribution in [0.4, 0.5) is 0 Å². The zero-order valence-corrected chi connectivity index (χ0v) is 20.9. The van der Waals surface area contributed by atoms with E-state index in [0.29, 0.717) is 12.3 Å². The van der Waals surface area contributed by atoms with Crippen LogP contribution >= 0.6 is 0 Å². The maximum Gasteiger partial charge on any atom is 0.355 e. The minimum atomic E-state index is -0.354. The maximum absolute atomic E-state index is 12.8. The highest BCUT2D eigenvalue weighted by molar-refractivity contribution is 6.09. The molecular formula is C30H33NO3. The first-order valence-corrected chi connectivity index (χ1v) is 11.9. The van der Waals surface area contributed by atoms with Gasteiger partial charge in [-0.1, -0.05) is 63.2 Å². The predicted octanol–water partition coefficient (Wildman–Crippen LogP) is 7.76. The molecule has 1 heterocycles. The van der Waals surface area contributed by atoms with Crippen LogP contribution in [0.3, 0.4) is 0 Å². The summed E-state index contributed by atoms with van der Waals surface area (Å²) in [5.41, 5.74) is 6.79. The molecule has 1 aromatic heterocycles. The number of carbonyl (C=O) groups excluding carboxylic acids is 1. The Morgan fingerprint density at radius 1 is 0.882 bits per heavy atom. The number of aromatic nitrogens is 1. The van der Waals surface area contributed by atoms with E-state index >= 15 is 0 Å². The SMILES string of the molecule is CCOC(=O)c1[nH]c2ccc(-c3ccc(C(C)(C)C)cc3)cc2c1-c1ccc(OC(C)C)cc1. The van der Waals surface area contributed by atoms with Gasteiger partial charge in [0.05, 0.1) is 12.7 Å². The van der Waals surface area contributed by atoms with E-state index in [0.717, 1.165) is 38.9 Å². The van der Waals surface area contributed by atoms with Crippen molar-refractivity contribution in [2.45, 2.75) is 53.1 Å². The van der Waals surface area contributed by atoms with Gasteiger partial charge in [0, 0.05) is 16.5 Å². The molecule has 34 heavy (non-hydrogen) atoms. The summed E-state index contributed by atoms with van der Waals surface area (Å²) in [4.78, 5) is 16.1. The number of nitrogens with one attached hydrogen (secondary N) is 1. The third-order valence-corrected chi connectivity index (χ3v) is 5.88. The third kappa shape index (κ3) is 4.86. The molecule has 4 aromatic rings. The van der Waals surface area contributed by atoms with Crippen LogP contribution in [0.25, 0.3) is 33.2 Å². The summed E-state index contributed by atoms with van der Waals surface area (Å²) < 4.78 is 11.2. The van der Waals surface area contributed by atoms with Gasteiger partial charge in [0.25, 0.3) is 0 Å². The van der Waals surface area contributed by atoms with Gasteiger partial charge in [0.2, 0.25) is 0 Å². The summed E-state index contributed by atoms with van der Waals surface area (Å²) in [6.07, 6.45) is 0.0984. The van der Waals surface area contributed by atoms with Crippen LogP contribution in [0.5, 0.6) is 5.75 Å².